The predicted octanol–water partition coefficient (Wildman–Crippen LogP) is 5.53. The van der Waals surface area contributed by atoms with Crippen LogP contribution in [0.15, 0.2) is 65.2 Å². The molecule has 35 heavy (non-hydrogen) atoms. The summed E-state index contributed by atoms with van der Waals surface area (Å²) in [6, 6.07) is 17.3. The van der Waals surface area contributed by atoms with Gasteiger partial charge in [-0.25, -0.2) is 4.39 Å². The molecular formula is C26H23ClFN3O4. The largest absolute Gasteiger partial charge is 0.480 e. The van der Waals surface area contributed by atoms with Crippen LogP contribution in [0.2, 0.25) is 5.02 Å². The molecule has 0 saturated carbocycles. The van der Waals surface area contributed by atoms with Gasteiger partial charge in [0.2, 0.25) is 5.82 Å². The number of hydrogen-bond donors (Lipinski definition) is 1. The highest BCUT2D eigenvalue weighted by Gasteiger charge is 2.16. The van der Waals surface area contributed by atoms with E-state index in [4.69, 9.17) is 26.0 Å². The number of carbonyl (C=O) groups is 1. The molecule has 4 rings (SSSR count). The monoisotopic (exact) mass is 495 g/mol. The van der Waals surface area contributed by atoms with Gasteiger partial charge in [-0.15, -0.1) is 0 Å². The molecule has 0 saturated heterocycles. The highest BCUT2D eigenvalue weighted by molar-refractivity contribution is 6.33. The fourth-order valence-corrected chi connectivity index (χ4v) is 4.05. The van der Waals surface area contributed by atoms with E-state index >= 15 is 0 Å². The van der Waals surface area contributed by atoms with Gasteiger partial charge in [-0.1, -0.05) is 41.0 Å². The third-order valence-electron chi connectivity index (χ3n) is 5.34. The van der Waals surface area contributed by atoms with E-state index in [1.807, 2.05) is 42.5 Å². The van der Waals surface area contributed by atoms with Crippen molar-refractivity contribution in [3.8, 4) is 34.0 Å². The van der Waals surface area contributed by atoms with Crippen LogP contribution < -0.4 is 0 Å². The first-order valence-electron chi connectivity index (χ1n) is 10.7. The van der Waals surface area contributed by atoms with Gasteiger partial charge < -0.3 is 14.4 Å². The van der Waals surface area contributed by atoms with Gasteiger partial charge in [-0.2, -0.15) is 4.98 Å². The lowest BCUT2D eigenvalue weighted by atomic mass is 9.97. The number of ether oxygens (including phenoxy) is 1. The molecule has 1 aromatic heterocycles. The van der Waals surface area contributed by atoms with Gasteiger partial charge >= 0.3 is 5.97 Å². The van der Waals surface area contributed by atoms with Crippen LogP contribution in [-0.2, 0) is 22.7 Å². The maximum absolute atomic E-state index is 13.9. The molecule has 0 amide bonds. The van der Waals surface area contributed by atoms with Gasteiger partial charge in [-0.05, 0) is 60.1 Å². The second-order valence-corrected chi connectivity index (χ2v) is 8.53. The second-order valence-electron chi connectivity index (χ2n) is 8.12. The second kappa shape index (κ2) is 10.8. The summed E-state index contributed by atoms with van der Waals surface area (Å²) in [4.78, 5) is 17.2. The van der Waals surface area contributed by atoms with Crippen LogP contribution >= 0.6 is 11.6 Å². The van der Waals surface area contributed by atoms with Crippen molar-refractivity contribution in [1.82, 2.24) is 15.0 Å². The zero-order chi connectivity index (χ0) is 24.9. The summed E-state index contributed by atoms with van der Waals surface area (Å²) in [6.07, 6.45) is 0. The summed E-state index contributed by atoms with van der Waals surface area (Å²) >= 11 is 6.32. The smallest absolute Gasteiger partial charge is 0.317 e. The standard InChI is InChI=1S/C26H23ClFN3O4/c1-31(14-24(32)33)13-16-4-3-5-17(10-16)25-29-26(35-30-25)18-6-8-21(19(11-18)15-34-2)22-12-20(28)7-9-23(22)27/h3-12H,13-15H2,1-2H3,(H,32,33). The summed E-state index contributed by atoms with van der Waals surface area (Å²) in [6.45, 7) is 0.690. The lowest BCUT2D eigenvalue weighted by Gasteiger charge is -2.14. The van der Waals surface area contributed by atoms with E-state index in [0.717, 1.165) is 22.3 Å². The minimum Gasteiger partial charge on any atom is -0.480 e. The fourth-order valence-electron chi connectivity index (χ4n) is 3.83. The Bertz CT molecular complexity index is 1360. The molecule has 0 unspecified atom stereocenters. The summed E-state index contributed by atoms with van der Waals surface area (Å²) in [7, 11) is 3.32. The summed E-state index contributed by atoms with van der Waals surface area (Å²) in [5.74, 6) is -0.532. The lowest BCUT2D eigenvalue weighted by Crippen LogP contribution is -2.25. The topological polar surface area (TPSA) is 88.7 Å². The van der Waals surface area contributed by atoms with Crippen LogP contribution in [-0.4, -0.2) is 46.8 Å². The lowest BCUT2D eigenvalue weighted by molar-refractivity contribution is -0.138. The Balaban J connectivity index is 1.62. The molecule has 0 fully saturated rings. The Kier molecular flexibility index (Phi) is 7.55. The number of aromatic nitrogens is 2. The molecule has 3 aromatic carbocycles. The first-order chi connectivity index (χ1) is 16.8. The average molecular weight is 496 g/mol. The molecule has 4 aromatic rings. The number of benzene rings is 3. The maximum atomic E-state index is 13.9. The van der Waals surface area contributed by atoms with Crippen molar-refractivity contribution >= 4 is 17.6 Å². The molecule has 0 bridgehead atoms. The third kappa shape index (κ3) is 5.92. The molecule has 1 heterocycles. The summed E-state index contributed by atoms with van der Waals surface area (Å²) < 4.78 is 24.7. The van der Waals surface area contributed by atoms with Crippen LogP contribution in [0.25, 0.3) is 34.0 Å². The number of rotatable bonds is 9. The van der Waals surface area contributed by atoms with Crippen molar-refractivity contribution in [2.75, 3.05) is 20.7 Å². The molecule has 0 aliphatic heterocycles. The van der Waals surface area contributed by atoms with E-state index in [1.54, 1.807) is 19.1 Å². The number of hydrogen-bond acceptors (Lipinski definition) is 6. The van der Waals surface area contributed by atoms with Crippen molar-refractivity contribution in [1.29, 1.82) is 0 Å². The third-order valence-corrected chi connectivity index (χ3v) is 5.67. The zero-order valence-corrected chi connectivity index (χ0v) is 19.9. The number of carboxylic acids is 1. The van der Waals surface area contributed by atoms with Crippen LogP contribution in [0, 0.1) is 5.82 Å². The molecule has 9 heteroatoms. The van der Waals surface area contributed by atoms with Crippen molar-refractivity contribution in [3.63, 3.8) is 0 Å². The normalized spacial score (nSPS) is 11.2. The molecule has 0 aliphatic carbocycles. The van der Waals surface area contributed by atoms with Crippen molar-refractivity contribution in [2.45, 2.75) is 13.2 Å². The van der Waals surface area contributed by atoms with Crippen LogP contribution in [0.1, 0.15) is 11.1 Å². The number of carboxylic acid groups (broad SMARTS) is 1. The van der Waals surface area contributed by atoms with Crippen molar-refractivity contribution < 1.29 is 23.6 Å². The Morgan fingerprint density at radius 2 is 1.94 bits per heavy atom. The Labute approximate surface area is 206 Å². The zero-order valence-electron chi connectivity index (χ0n) is 19.2. The fraction of sp³-hybridized carbons (Fsp3) is 0.192. The Morgan fingerprint density at radius 3 is 2.71 bits per heavy atom. The minimum absolute atomic E-state index is 0.0583. The van der Waals surface area contributed by atoms with E-state index in [1.165, 1.54) is 18.2 Å². The van der Waals surface area contributed by atoms with E-state index < -0.39 is 5.97 Å². The minimum atomic E-state index is -0.884. The molecule has 1 N–H and O–H groups in total. The number of methoxy groups -OCH3 is 1. The van der Waals surface area contributed by atoms with Crippen molar-refractivity contribution in [3.05, 3.63) is 82.6 Å². The van der Waals surface area contributed by atoms with Crippen LogP contribution in [0.5, 0.6) is 0 Å². The summed E-state index contributed by atoms with van der Waals surface area (Å²) in [5.41, 5.74) is 4.47. The van der Waals surface area contributed by atoms with E-state index in [2.05, 4.69) is 10.1 Å². The van der Waals surface area contributed by atoms with E-state index in [-0.39, 0.29) is 19.0 Å². The SMILES string of the molecule is COCc1cc(-c2nc(-c3cccc(CN(C)CC(=O)O)c3)no2)ccc1-c1cc(F)ccc1Cl. The first-order valence-corrected chi connectivity index (χ1v) is 11.1. The number of halogens is 2. The van der Waals surface area contributed by atoms with Crippen molar-refractivity contribution in [2.24, 2.45) is 0 Å². The summed E-state index contributed by atoms with van der Waals surface area (Å²) in [5, 5.41) is 13.5. The van der Waals surface area contributed by atoms with Gasteiger partial charge in [0, 0.05) is 35.4 Å². The molecule has 0 radical (unpaired) electrons. The Morgan fingerprint density at radius 1 is 1.11 bits per heavy atom. The molecule has 180 valence electrons. The van der Waals surface area contributed by atoms with Crippen LogP contribution in [0.4, 0.5) is 4.39 Å². The van der Waals surface area contributed by atoms with Crippen LogP contribution in [0.3, 0.4) is 0 Å². The first kappa shape index (κ1) is 24.5. The molecule has 0 spiro atoms. The van der Waals surface area contributed by atoms with Gasteiger partial charge in [-0.3, -0.25) is 9.69 Å². The number of aliphatic carboxylic acids is 1. The number of nitrogens with zero attached hydrogens (tertiary/aromatic N) is 3. The van der Waals surface area contributed by atoms with E-state index in [9.17, 15) is 9.18 Å². The average Bonchev–Trinajstić information content (AvgIpc) is 3.31. The molecule has 0 atom stereocenters. The van der Waals surface area contributed by atoms with Gasteiger partial charge in [0.1, 0.15) is 5.82 Å². The highest BCUT2D eigenvalue weighted by Crippen LogP contribution is 2.34. The highest BCUT2D eigenvalue weighted by atomic mass is 35.5. The van der Waals surface area contributed by atoms with Gasteiger partial charge in [0.15, 0.2) is 0 Å². The van der Waals surface area contributed by atoms with Gasteiger partial charge in [0.05, 0.1) is 13.2 Å². The predicted molar refractivity (Wildman–Crippen MR) is 130 cm³/mol. The quantitative estimate of drug-likeness (QED) is 0.327. The molecule has 7 nitrogen and oxygen atoms in total. The Hall–Kier alpha value is -3.59. The molecular weight excluding hydrogens is 473 g/mol. The van der Waals surface area contributed by atoms with E-state index in [0.29, 0.717) is 34.4 Å². The van der Waals surface area contributed by atoms with Gasteiger partial charge in [0.25, 0.3) is 5.89 Å². The molecule has 0 aliphatic rings. The maximum Gasteiger partial charge on any atom is 0.317 e. The number of likely N-dealkylation sites (N-methyl/N-ethyl adjacent to an activating group) is 1.